The predicted molar refractivity (Wildman–Crippen MR) is 114 cm³/mol. The van der Waals surface area contributed by atoms with E-state index in [-0.39, 0.29) is 11.7 Å². The number of benzene rings is 2. The second-order valence-corrected chi connectivity index (χ2v) is 8.31. The average molecular weight is 410 g/mol. The van der Waals surface area contributed by atoms with Gasteiger partial charge in [-0.05, 0) is 19.4 Å². The maximum absolute atomic E-state index is 14.0. The molecule has 29 heavy (non-hydrogen) atoms. The van der Waals surface area contributed by atoms with Crippen molar-refractivity contribution in [1.82, 2.24) is 14.8 Å². The molecule has 3 aromatic rings. The monoisotopic (exact) mass is 409 g/mol. The lowest BCUT2D eigenvalue weighted by Crippen LogP contribution is -2.35. The van der Waals surface area contributed by atoms with Gasteiger partial charge in [0, 0.05) is 43.9 Å². The number of carbonyl (C=O) groups is 1. The number of carbonyl (C=O) groups excluding carboxylic acids is 1. The van der Waals surface area contributed by atoms with Gasteiger partial charge in [-0.1, -0.05) is 48.5 Å². The number of thiazole rings is 1. The van der Waals surface area contributed by atoms with Crippen molar-refractivity contribution in [3.63, 3.8) is 0 Å². The largest absolute Gasteiger partial charge is 0.337 e. The smallest absolute Gasteiger partial charge is 0.265 e. The van der Waals surface area contributed by atoms with Crippen LogP contribution in [0.1, 0.15) is 27.3 Å². The molecule has 1 aromatic heterocycles. The van der Waals surface area contributed by atoms with E-state index in [1.807, 2.05) is 54.3 Å². The first-order chi connectivity index (χ1) is 14.1. The molecule has 0 spiro atoms. The van der Waals surface area contributed by atoms with E-state index in [4.69, 9.17) is 0 Å². The molecular formula is C23H24FN3OS. The van der Waals surface area contributed by atoms with Crippen molar-refractivity contribution in [1.29, 1.82) is 0 Å². The summed E-state index contributed by atoms with van der Waals surface area (Å²) < 4.78 is 14.0. The van der Waals surface area contributed by atoms with E-state index >= 15 is 0 Å². The van der Waals surface area contributed by atoms with E-state index in [9.17, 15) is 9.18 Å². The molecule has 2 heterocycles. The minimum Gasteiger partial charge on any atom is -0.337 e. The topological polar surface area (TPSA) is 36.4 Å². The maximum Gasteiger partial charge on any atom is 0.265 e. The number of halogens is 1. The van der Waals surface area contributed by atoms with Gasteiger partial charge in [-0.25, -0.2) is 9.37 Å². The van der Waals surface area contributed by atoms with Crippen LogP contribution in [-0.4, -0.2) is 46.9 Å². The molecule has 6 heteroatoms. The highest BCUT2D eigenvalue weighted by atomic mass is 32.1. The number of aromatic nitrogens is 1. The first-order valence-electron chi connectivity index (χ1n) is 9.89. The highest BCUT2D eigenvalue weighted by molar-refractivity contribution is 7.17. The Bertz CT molecular complexity index is 989. The van der Waals surface area contributed by atoms with Gasteiger partial charge in [0.25, 0.3) is 5.91 Å². The summed E-state index contributed by atoms with van der Waals surface area (Å²) in [7, 11) is 0. The van der Waals surface area contributed by atoms with Crippen molar-refractivity contribution in [2.24, 2.45) is 0 Å². The Morgan fingerprint density at radius 3 is 2.59 bits per heavy atom. The third kappa shape index (κ3) is 4.54. The van der Waals surface area contributed by atoms with Gasteiger partial charge in [0.05, 0.1) is 5.69 Å². The second-order valence-electron chi connectivity index (χ2n) is 7.31. The highest BCUT2D eigenvalue weighted by Crippen LogP contribution is 2.29. The zero-order valence-corrected chi connectivity index (χ0v) is 17.3. The van der Waals surface area contributed by atoms with Gasteiger partial charge in [0.1, 0.15) is 15.7 Å². The third-order valence-electron chi connectivity index (χ3n) is 5.24. The van der Waals surface area contributed by atoms with Gasteiger partial charge < -0.3 is 4.90 Å². The summed E-state index contributed by atoms with van der Waals surface area (Å²) in [5, 5.41) is 0.877. The molecule has 1 aliphatic heterocycles. The molecule has 4 nitrogen and oxygen atoms in total. The summed E-state index contributed by atoms with van der Waals surface area (Å²) >= 11 is 1.46. The quantitative estimate of drug-likeness (QED) is 0.632. The Labute approximate surface area is 174 Å². The number of amides is 1. The lowest BCUT2D eigenvalue weighted by molar-refractivity contribution is 0.0765. The van der Waals surface area contributed by atoms with Crippen molar-refractivity contribution in [3.05, 3.63) is 76.5 Å². The molecule has 1 aliphatic rings. The molecular weight excluding hydrogens is 385 g/mol. The normalized spacial score (nSPS) is 15.3. The zero-order chi connectivity index (χ0) is 20.2. The van der Waals surface area contributed by atoms with Gasteiger partial charge in [-0.3, -0.25) is 9.69 Å². The number of aryl methyl sites for hydroxylation is 1. The molecule has 0 N–H and O–H groups in total. The Morgan fingerprint density at radius 2 is 1.79 bits per heavy atom. The fraction of sp³-hybridized carbons (Fsp3) is 0.304. The summed E-state index contributed by atoms with van der Waals surface area (Å²) in [6.07, 6.45) is 0.879. The molecule has 0 unspecified atom stereocenters. The summed E-state index contributed by atoms with van der Waals surface area (Å²) in [5.41, 5.74) is 2.52. The van der Waals surface area contributed by atoms with Crippen molar-refractivity contribution >= 4 is 17.2 Å². The fourth-order valence-electron chi connectivity index (χ4n) is 3.64. The first kappa shape index (κ1) is 19.7. The Balaban J connectivity index is 1.44. The van der Waals surface area contributed by atoms with E-state index in [1.54, 1.807) is 6.07 Å². The van der Waals surface area contributed by atoms with Gasteiger partial charge in [-0.2, -0.15) is 0 Å². The number of hydrogen-bond acceptors (Lipinski definition) is 4. The van der Waals surface area contributed by atoms with Crippen LogP contribution in [0.4, 0.5) is 4.39 Å². The molecule has 4 rings (SSSR count). The van der Waals surface area contributed by atoms with Crippen LogP contribution in [0.25, 0.3) is 10.6 Å². The number of nitrogens with zero attached hydrogens (tertiary/aromatic N) is 3. The minimum absolute atomic E-state index is 0.0509. The van der Waals surface area contributed by atoms with Gasteiger partial charge in [-0.15, -0.1) is 11.3 Å². The van der Waals surface area contributed by atoms with E-state index in [0.29, 0.717) is 30.1 Å². The summed E-state index contributed by atoms with van der Waals surface area (Å²) in [5.74, 6) is -0.117. The van der Waals surface area contributed by atoms with E-state index < -0.39 is 0 Å². The molecule has 2 aromatic carbocycles. The van der Waals surface area contributed by atoms with Crippen LogP contribution in [0.2, 0.25) is 0 Å². The summed E-state index contributed by atoms with van der Waals surface area (Å²) in [6, 6.07) is 16.9. The van der Waals surface area contributed by atoms with Crippen LogP contribution >= 0.6 is 11.3 Å². The zero-order valence-electron chi connectivity index (χ0n) is 16.5. The molecule has 0 saturated carbocycles. The van der Waals surface area contributed by atoms with Crippen LogP contribution in [0.3, 0.4) is 0 Å². The second kappa shape index (κ2) is 8.84. The fourth-order valence-corrected chi connectivity index (χ4v) is 4.68. The van der Waals surface area contributed by atoms with E-state index in [0.717, 1.165) is 35.8 Å². The lowest BCUT2D eigenvalue weighted by Gasteiger charge is -2.22. The van der Waals surface area contributed by atoms with Crippen LogP contribution in [0.15, 0.2) is 54.6 Å². The van der Waals surface area contributed by atoms with Crippen LogP contribution in [-0.2, 0) is 6.54 Å². The van der Waals surface area contributed by atoms with E-state index in [1.165, 1.54) is 17.4 Å². The number of rotatable bonds is 4. The van der Waals surface area contributed by atoms with Crippen molar-refractivity contribution in [2.45, 2.75) is 19.9 Å². The molecule has 0 radical (unpaired) electrons. The lowest BCUT2D eigenvalue weighted by atomic mass is 10.2. The molecule has 150 valence electrons. The first-order valence-corrected chi connectivity index (χ1v) is 10.7. The van der Waals surface area contributed by atoms with Crippen molar-refractivity contribution in [2.75, 3.05) is 26.2 Å². The third-order valence-corrected chi connectivity index (χ3v) is 6.43. The average Bonchev–Trinajstić information content (AvgIpc) is 2.98. The Kier molecular flexibility index (Phi) is 6.02. The molecule has 1 amide bonds. The van der Waals surface area contributed by atoms with Crippen LogP contribution in [0, 0.1) is 12.7 Å². The standard InChI is InChI=1S/C23H24FN3OS/c1-17-21(29-22(25-17)18-8-3-2-4-9-18)23(28)27-13-7-12-26(14-15-27)16-19-10-5-6-11-20(19)24/h2-6,8-11H,7,12-16H2,1H3. The summed E-state index contributed by atoms with van der Waals surface area (Å²) in [6.45, 7) is 5.43. The molecule has 0 aliphatic carbocycles. The Morgan fingerprint density at radius 1 is 1.03 bits per heavy atom. The van der Waals surface area contributed by atoms with Crippen LogP contribution < -0.4 is 0 Å². The molecule has 1 fully saturated rings. The SMILES string of the molecule is Cc1nc(-c2ccccc2)sc1C(=O)N1CCCN(Cc2ccccc2F)CC1. The van der Waals surface area contributed by atoms with Gasteiger partial charge in [0.15, 0.2) is 0 Å². The van der Waals surface area contributed by atoms with Crippen LogP contribution in [0.5, 0.6) is 0 Å². The summed E-state index contributed by atoms with van der Waals surface area (Å²) in [4.78, 5) is 22.6. The van der Waals surface area contributed by atoms with Gasteiger partial charge >= 0.3 is 0 Å². The van der Waals surface area contributed by atoms with E-state index in [2.05, 4.69) is 9.88 Å². The molecule has 1 saturated heterocycles. The molecule has 0 bridgehead atoms. The molecule has 0 atom stereocenters. The van der Waals surface area contributed by atoms with Gasteiger partial charge in [0.2, 0.25) is 0 Å². The predicted octanol–water partition coefficient (Wildman–Crippen LogP) is 4.61. The Hall–Kier alpha value is -2.57. The maximum atomic E-state index is 14.0. The highest BCUT2D eigenvalue weighted by Gasteiger charge is 2.24. The van der Waals surface area contributed by atoms with Crippen molar-refractivity contribution in [3.8, 4) is 10.6 Å². The number of hydrogen-bond donors (Lipinski definition) is 0. The van der Waals surface area contributed by atoms with Crippen molar-refractivity contribution < 1.29 is 9.18 Å². The minimum atomic E-state index is -0.168.